The second-order valence-corrected chi connectivity index (χ2v) is 6.09. The third-order valence-corrected chi connectivity index (χ3v) is 4.02. The third kappa shape index (κ3) is 4.17. The molecule has 2 N–H and O–H groups in total. The SMILES string of the molecule is CC(=N)NS(=O)(=O)C=Cc1c(Cl)ccc(Cl)c1Cl. The van der Waals surface area contributed by atoms with Crippen molar-refractivity contribution in [1.82, 2.24) is 4.72 Å². The molecule has 0 fully saturated rings. The molecule has 0 heterocycles. The van der Waals surface area contributed by atoms with Crippen molar-refractivity contribution >= 4 is 56.7 Å². The Kier molecular flexibility index (Phi) is 5.04. The molecule has 0 aliphatic heterocycles. The first kappa shape index (κ1) is 15.3. The van der Waals surface area contributed by atoms with E-state index in [-0.39, 0.29) is 20.9 Å². The number of hydrogen-bond acceptors (Lipinski definition) is 3. The van der Waals surface area contributed by atoms with Gasteiger partial charge in [-0.3, -0.25) is 10.1 Å². The van der Waals surface area contributed by atoms with E-state index in [1.54, 1.807) is 0 Å². The molecule has 0 saturated carbocycles. The van der Waals surface area contributed by atoms with Gasteiger partial charge < -0.3 is 0 Å². The van der Waals surface area contributed by atoms with Gasteiger partial charge in [-0.25, -0.2) is 8.42 Å². The first-order chi connectivity index (χ1) is 8.23. The van der Waals surface area contributed by atoms with Crippen molar-refractivity contribution in [3.05, 3.63) is 38.2 Å². The molecule has 0 atom stereocenters. The average molecular weight is 328 g/mol. The molecule has 0 saturated heterocycles. The molecule has 18 heavy (non-hydrogen) atoms. The summed E-state index contributed by atoms with van der Waals surface area (Å²) in [5.74, 6) is -0.192. The van der Waals surface area contributed by atoms with E-state index >= 15 is 0 Å². The molecule has 0 aliphatic carbocycles. The Labute approximate surface area is 120 Å². The summed E-state index contributed by atoms with van der Waals surface area (Å²) in [6.45, 7) is 1.31. The highest BCUT2D eigenvalue weighted by Crippen LogP contribution is 2.32. The summed E-state index contributed by atoms with van der Waals surface area (Å²) in [6, 6.07) is 3.02. The Morgan fingerprint density at radius 2 is 1.83 bits per heavy atom. The smallest absolute Gasteiger partial charge is 0.255 e. The van der Waals surface area contributed by atoms with Crippen LogP contribution in [0.2, 0.25) is 15.1 Å². The lowest BCUT2D eigenvalue weighted by Gasteiger charge is -2.04. The van der Waals surface area contributed by atoms with Gasteiger partial charge in [0.25, 0.3) is 10.0 Å². The van der Waals surface area contributed by atoms with E-state index in [9.17, 15) is 8.42 Å². The molecule has 0 aromatic heterocycles. The molecule has 98 valence electrons. The fraction of sp³-hybridized carbons (Fsp3) is 0.100. The largest absolute Gasteiger partial charge is 0.288 e. The van der Waals surface area contributed by atoms with Gasteiger partial charge >= 0.3 is 0 Å². The molecule has 0 unspecified atom stereocenters. The summed E-state index contributed by atoms with van der Waals surface area (Å²) >= 11 is 17.6. The highest BCUT2D eigenvalue weighted by atomic mass is 35.5. The predicted octanol–water partition coefficient (Wildman–Crippen LogP) is 3.53. The van der Waals surface area contributed by atoms with Crippen LogP contribution in [0.5, 0.6) is 0 Å². The number of rotatable bonds is 3. The van der Waals surface area contributed by atoms with Gasteiger partial charge in [0.15, 0.2) is 0 Å². The van der Waals surface area contributed by atoms with Crippen LogP contribution in [0.25, 0.3) is 6.08 Å². The zero-order valence-electron chi connectivity index (χ0n) is 9.17. The van der Waals surface area contributed by atoms with Gasteiger partial charge in [-0.15, -0.1) is 0 Å². The highest BCUT2D eigenvalue weighted by molar-refractivity contribution is 7.93. The summed E-state index contributed by atoms with van der Waals surface area (Å²) in [6.07, 6.45) is 1.22. The first-order valence-electron chi connectivity index (χ1n) is 4.62. The maximum absolute atomic E-state index is 11.5. The van der Waals surface area contributed by atoms with Crippen LogP contribution in [0.1, 0.15) is 12.5 Å². The molecule has 0 spiro atoms. The Bertz CT molecular complexity index is 612. The summed E-state index contributed by atoms with van der Waals surface area (Å²) in [5.41, 5.74) is 0.304. The molecule has 0 amide bonds. The van der Waals surface area contributed by atoms with Crippen LogP contribution in [0.4, 0.5) is 0 Å². The molecular weight excluding hydrogens is 319 g/mol. The second-order valence-electron chi connectivity index (χ2n) is 3.33. The van der Waals surface area contributed by atoms with E-state index in [2.05, 4.69) is 0 Å². The zero-order chi connectivity index (χ0) is 13.9. The zero-order valence-corrected chi connectivity index (χ0v) is 12.3. The van der Waals surface area contributed by atoms with Crippen LogP contribution in [0, 0.1) is 5.41 Å². The molecular formula is C10H9Cl3N2O2S. The minimum absolute atomic E-state index is 0.169. The standard InChI is InChI=1S/C10H9Cl3N2O2S/c1-6(14)15-18(16,17)5-4-7-8(11)2-3-9(12)10(7)13/h2-5H,1H3,(H2,14,15). The number of sulfonamides is 1. The molecule has 1 rings (SSSR count). The molecule has 8 heteroatoms. The van der Waals surface area contributed by atoms with Gasteiger partial charge in [0.1, 0.15) is 5.84 Å². The Morgan fingerprint density at radius 3 is 2.39 bits per heavy atom. The van der Waals surface area contributed by atoms with Crippen molar-refractivity contribution in [2.75, 3.05) is 0 Å². The van der Waals surface area contributed by atoms with Crippen molar-refractivity contribution in [2.24, 2.45) is 0 Å². The number of nitrogens with one attached hydrogen (secondary N) is 2. The van der Waals surface area contributed by atoms with E-state index < -0.39 is 10.0 Å². The van der Waals surface area contributed by atoms with Crippen LogP contribution >= 0.6 is 34.8 Å². The van der Waals surface area contributed by atoms with Crippen LogP contribution in [0.15, 0.2) is 17.5 Å². The van der Waals surface area contributed by atoms with Crippen molar-refractivity contribution < 1.29 is 8.42 Å². The Morgan fingerprint density at radius 1 is 1.28 bits per heavy atom. The maximum atomic E-state index is 11.5. The molecule has 0 radical (unpaired) electrons. The summed E-state index contributed by atoms with van der Waals surface area (Å²) in [4.78, 5) is 0. The van der Waals surface area contributed by atoms with E-state index in [0.29, 0.717) is 5.56 Å². The van der Waals surface area contributed by atoms with Crippen LogP contribution in [0.3, 0.4) is 0 Å². The van der Waals surface area contributed by atoms with Crippen LogP contribution < -0.4 is 4.72 Å². The van der Waals surface area contributed by atoms with Crippen molar-refractivity contribution in [1.29, 1.82) is 5.41 Å². The Hall–Kier alpha value is -0.750. The van der Waals surface area contributed by atoms with Gasteiger partial charge in [0, 0.05) is 10.6 Å². The second kappa shape index (κ2) is 5.93. The lowest BCUT2D eigenvalue weighted by Crippen LogP contribution is -2.25. The van der Waals surface area contributed by atoms with Crippen LogP contribution in [-0.4, -0.2) is 14.3 Å². The number of halogens is 3. The molecule has 4 nitrogen and oxygen atoms in total. The van der Waals surface area contributed by atoms with E-state index in [4.69, 9.17) is 40.2 Å². The minimum Gasteiger partial charge on any atom is -0.288 e. The van der Waals surface area contributed by atoms with Gasteiger partial charge in [0.05, 0.1) is 15.5 Å². The van der Waals surface area contributed by atoms with Gasteiger partial charge in [-0.1, -0.05) is 34.8 Å². The highest BCUT2D eigenvalue weighted by Gasteiger charge is 2.09. The monoisotopic (exact) mass is 326 g/mol. The predicted molar refractivity (Wildman–Crippen MR) is 76.0 cm³/mol. The lowest BCUT2D eigenvalue weighted by atomic mass is 10.2. The number of amidine groups is 1. The summed E-state index contributed by atoms with van der Waals surface area (Å²) < 4.78 is 24.9. The lowest BCUT2D eigenvalue weighted by molar-refractivity contribution is 0.601. The molecule has 0 bridgehead atoms. The van der Waals surface area contributed by atoms with E-state index in [1.807, 2.05) is 4.72 Å². The van der Waals surface area contributed by atoms with Crippen LogP contribution in [-0.2, 0) is 10.0 Å². The van der Waals surface area contributed by atoms with Crippen molar-refractivity contribution in [3.8, 4) is 0 Å². The molecule has 1 aromatic rings. The average Bonchev–Trinajstić information content (AvgIpc) is 2.22. The fourth-order valence-electron chi connectivity index (χ4n) is 1.10. The van der Waals surface area contributed by atoms with Gasteiger partial charge in [0.2, 0.25) is 0 Å². The Balaban J connectivity index is 3.13. The number of hydrogen-bond donors (Lipinski definition) is 2. The van der Waals surface area contributed by atoms with E-state index in [0.717, 1.165) is 5.41 Å². The van der Waals surface area contributed by atoms with Crippen molar-refractivity contribution in [2.45, 2.75) is 6.92 Å². The molecule has 0 aliphatic rings. The first-order valence-corrected chi connectivity index (χ1v) is 7.30. The quantitative estimate of drug-likeness (QED) is 0.506. The third-order valence-electron chi connectivity index (χ3n) is 1.79. The number of benzene rings is 1. The fourth-order valence-corrected chi connectivity index (χ4v) is 2.57. The summed E-state index contributed by atoms with van der Waals surface area (Å²) in [5, 5.41) is 8.64. The summed E-state index contributed by atoms with van der Waals surface area (Å²) in [7, 11) is -3.74. The minimum atomic E-state index is -3.74. The van der Waals surface area contributed by atoms with E-state index in [1.165, 1.54) is 25.1 Å². The topological polar surface area (TPSA) is 70.0 Å². The van der Waals surface area contributed by atoms with Crippen molar-refractivity contribution in [3.63, 3.8) is 0 Å². The van der Waals surface area contributed by atoms with Gasteiger partial charge in [-0.05, 0) is 25.1 Å². The van der Waals surface area contributed by atoms with Gasteiger partial charge in [-0.2, -0.15) is 0 Å². The normalized spacial score (nSPS) is 11.8. The molecule has 1 aromatic carbocycles. The maximum Gasteiger partial charge on any atom is 0.255 e.